The van der Waals surface area contributed by atoms with Crippen molar-refractivity contribution in [2.75, 3.05) is 24.5 Å². The van der Waals surface area contributed by atoms with Crippen LogP contribution in [-0.4, -0.2) is 41.6 Å². The number of piperidine rings is 2. The zero-order valence-electron chi connectivity index (χ0n) is 12.9. The van der Waals surface area contributed by atoms with E-state index < -0.39 is 5.92 Å². The number of nitrogens with one attached hydrogen (secondary N) is 1. The van der Waals surface area contributed by atoms with Crippen molar-refractivity contribution < 1.29 is 8.78 Å². The van der Waals surface area contributed by atoms with Gasteiger partial charge in [0.2, 0.25) is 0 Å². The molecule has 4 nitrogen and oxygen atoms in total. The summed E-state index contributed by atoms with van der Waals surface area (Å²) in [7, 11) is 0. The van der Waals surface area contributed by atoms with Crippen LogP contribution in [0.4, 0.5) is 14.6 Å². The quantitative estimate of drug-likeness (QED) is 0.928. The minimum Gasteiger partial charge on any atom is -0.356 e. The molecule has 122 valence electrons. The van der Waals surface area contributed by atoms with Crippen LogP contribution in [-0.2, 0) is 6.42 Å². The molecule has 22 heavy (non-hydrogen) atoms. The standard InChI is InChI=1S/C16H24F2N4/c17-16(18)6-9-22(10-7-16)15-11-14(20-12-21-15)5-4-13-3-1-2-8-19-13/h11-13,19H,1-10H2. The van der Waals surface area contributed by atoms with E-state index in [2.05, 4.69) is 15.3 Å². The molecule has 2 saturated heterocycles. The summed E-state index contributed by atoms with van der Waals surface area (Å²) in [6, 6.07) is 2.55. The van der Waals surface area contributed by atoms with Crippen molar-refractivity contribution in [1.82, 2.24) is 15.3 Å². The number of rotatable bonds is 4. The van der Waals surface area contributed by atoms with Gasteiger partial charge in [-0.25, -0.2) is 18.7 Å². The van der Waals surface area contributed by atoms with Crippen LogP contribution in [0.25, 0.3) is 0 Å². The number of alkyl halides is 2. The fraction of sp³-hybridized carbons (Fsp3) is 0.750. The van der Waals surface area contributed by atoms with Gasteiger partial charge in [-0.05, 0) is 32.2 Å². The van der Waals surface area contributed by atoms with E-state index in [1.165, 1.54) is 19.3 Å². The van der Waals surface area contributed by atoms with Crippen LogP contribution < -0.4 is 10.2 Å². The Bertz CT molecular complexity index is 479. The van der Waals surface area contributed by atoms with E-state index in [0.717, 1.165) is 30.9 Å². The van der Waals surface area contributed by atoms with E-state index in [1.807, 2.05) is 11.0 Å². The number of halogens is 2. The largest absolute Gasteiger partial charge is 0.356 e. The lowest BCUT2D eigenvalue weighted by Crippen LogP contribution is -2.39. The zero-order chi connectivity index (χ0) is 15.4. The first kappa shape index (κ1) is 15.6. The van der Waals surface area contributed by atoms with E-state index >= 15 is 0 Å². The highest BCUT2D eigenvalue weighted by atomic mass is 19.3. The maximum Gasteiger partial charge on any atom is 0.251 e. The molecule has 6 heteroatoms. The van der Waals surface area contributed by atoms with Gasteiger partial charge in [0.25, 0.3) is 5.92 Å². The highest BCUT2D eigenvalue weighted by Crippen LogP contribution is 2.29. The van der Waals surface area contributed by atoms with Crippen molar-refractivity contribution in [3.63, 3.8) is 0 Å². The van der Waals surface area contributed by atoms with Crippen molar-refractivity contribution in [3.8, 4) is 0 Å². The van der Waals surface area contributed by atoms with Crippen molar-refractivity contribution in [3.05, 3.63) is 18.1 Å². The Labute approximate surface area is 130 Å². The molecule has 1 atom stereocenters. The minimum absolute atomic E-state index is 0.0850. The van der Waals surface area contributed by atoms with Gasteiger partial charge < -0.3 is 10.2 Å². The predicted octanol–water partition coefficient (Wildman–Crippen LogP) is 2.79. The molecule has 0 aromatic carbocycles. The zero-order valence-corrected chi connectivity index (χ0v) is 12.9. The van der Waals surface area contributed by atoms with Gasteiger partial charge in [0, 0.05) is 43.7 Å². The summed E-state index contributed by atoms with van der Waals surface area (Å²) in [6.45, 7) is 1.85. The molecule has 2 aliphatic heterocycles. The Kier molecular flexibility index (Phi) is 4.86. The molecule has 1 aromatic rings. The first-order chi connectivity index (χ1) is 10.6. The summed E-state index contributed by atoms with van der Waals surface area (Å²) in [5.74, 6) is -1.73. The number of hydrogen-bond acceptors (Lipinski definition) is 4. The highest BCUT2D eigenvalue weighted by molar-refractivity contribution is 5.39. The molecule has 1 aromatic heterocycles. The normalized spacial score (nSPS) is 25.2. The summed E-state index contributed by atoms with van der Waals surface area (Å²) in [5, 5.41) is 3.54. The Morgan fingerprint density at radius 3 is 2.77 bits per heavy atom. The van der Waals surface area contributed by atoms with Crippen LogP contribution in [0.5, 0.6) is 0 Å². The number of aromatic nitrogens is 2. The monoisotopic (exact) mass is 310 g/mol. The van der Waals surface area contributed by atoms with Crippen LogP contribution in [0.3, 0.4) is 0 Å². The fourth-order valence-corrected chi connectivity index (χ4v) is 3.25. The Balaban J connectivity index is 1.55. The Morgan fingerprint density at radius 1 is 1.23 bits per heavy atom. The van der Waals surface area contributed by atoms with Crippen LogP contribution in [0.1, 0.15) is 44.2 Å². The molecule has 0 bridgehead atoms. The van der Waals surface area contributed by atoms with Gasteiger partial charge in [0.05, 0.1) is 0 Å². The molecule has 3 heterocycles. The third kappa shape index (κ3) is 4.12. The molecular formula is C16H24F2N4. The molecule has 0 spiro atoms. The SMILES string of the molecule is FC1(F)CCN(c2cc(CCC3CCCCN3)ncn2)CC1. The molecule has 3 rings (SSSR count). The molecule has 1 unspecified atom stereocenters. The fourth-order valence-electron chi connectivity index (χ4n) is 3.25. The van der Waals surface area contributed by atoms with Gasteiger partial charge in [-0.3, -0.25) is 0 Å². The Hall–Kier alpha value is -1.30. The number of hydrogen-bond donors (Lipinski definition) is 1. The predicted molar refractivity (Wildman–Crippen MR) is 82.4 cm³/mol. The van der Waals surface area contributed by atoms with E-state index in [0.29, 0.717) is 19.1 Å². The summed E-state index contributed by atoms with van der Waals surface area (Å²) < 4.78 is 26.5. The molecule has 2 fully saturated rings. The van der Waals surface area contributed by atoms with Crippen LogP contribution >= 0.6 is 0 Å². The van der Waals surface area contributed by atoms with Crippen LogP contribution in [0.15, 0.2) is 12.4 Å². The van der Waals surface area contributed by atoms with Crippen molar-refractivity contribution in [1.29, 1.82) is 0 Å². The van der Waals surface area contributed by atoms with Gasteiger partial charge in [0.15, 0.2) is 0 Å². The second-order valence-electron chi connectivity index (χ2n) is 6.40. The average molecular weight is 310 g/mol. The summed E-state index contributed by atoms with van der Waals surface area (Å²) in [4.78, 5) is 10.5. The van der Waals surface area contributed by atoms with Gasteiger partial charge in [-0.1, -0.05) is 6.42 Å². The maximum absolute atomic E-state index is 13.2. The lowest BCUT2D eigenvalue weighted by molar-refractivity contribution is -0.0221. The van der Waals surface area contributed by atoms with Gasteiger partial charge in [0.1, 0.15) is 12.1 Å². The molecule has 0 radical (unpaired) electrons. The summed E-state index contributed by atoms with van der Waals surface area (Å²) >= 11 is 0. The summed E-state index contributed by atoms with van der Waals surface area (Å²) in [5.41, 5.74) is 1.01. The second kappa shape index (κ2) is 6.86. The molecule has 0 saturated carbocycles. The molecular weight excluding hydrogens is 286 g/mol. The van der Waals surface area contributed by atoms with E-state index in [4.69, 9.17) is 0 Å². The summed E-state index contributed by atoms with van der Waals surface area (Å²) in [6.07, 6.45) is 7.19. The first-order valence-corrected chi connectivity index (χ1v) is 8.29. The Morgan fingerprint density at radius 2 is 2.05 bits per heavy atom. The lowest BCUT2D eigenvalue weighted by atomic mass is 9.99. The number of nitrogens with zero attached hydrogens (tertiary/aromatic N) is 3. The van der Waals surface area contributed by atoms with E-state index in [-0.39, 0.29) is 12.8 Å². The first-order valence-electron chi connectivity index (χ1n) is 8.29. The average Bonchev–Trinajstić information content (AvgIpc) is 2.54. The minimum atomic E-state index is -2.51. The van der Waals surface area contributed by atoms with Crippen molar-refractivity contribution in [2.45, 2.75) is 56.9 Å². The van der Waals surface area contributed by atoms with Crippen LogP contribution in [0, 0.1) is 0 Å². The van der Waals surface area contributed by atoms with Gasteiger partial charge in [-0.15, -0.1) is 0 Å². The third-order valence-electron chi connectivity index (χ3n) is 4.69. The van der Waals surface area contributed by atoms with E-state index in [1.54, 1.807) is 6.33 Å². The van der Waals surface area contributed by atoms with E-state index in [9.17, 15) is 8.78 Å². The molecule has 0 amide bonds. The number of anilines is 1. The van der Waals surface area contributed by atoms with Crippen molar-refractivity contribution in [2.24, 2.45) is 0 Å². The molecule has 1 N–H and O–H groups in total. The third-order valence-corrected chi connectivity index (χ3v) is 4.69. The van der Waals surface area contributed by atoms with Gasteiger partial charge >= 0.3 is 0 Å². The topological polar surface area (TPSA) is 41.0 Å². The highest BCUT2D eigenvalue weighted by Gasteiger charge is 2.34. The maximum atomic E-state index is 13.2. The lowest BCUT2D eigenvalue weighted by Gasteiger charge is -2.32. The molecule has 0 aliphatic carbocycles. The second-order valence-corrected chi connectivity index (χ2v) is 6.40. The van der Waals surface area contributed by atoms with Crippen LogP contribution in [0.2, 0.25) is 0 Å². The molecule has 2 aliphatic rings. The van der Waals surface area contributed by atoms with Crippen molar-refractivity contribution >= 4 is 5.82 Å². The smallest absolute Gasteiger partial charge is 0.251 e. The number of aryl methyl sites for hydroxylation is 1. The van der Waals surface area contributed by atoms with Gasteiger partial charge in [-0.2, -0.15) is 0 Å².